The Morgan fingerprint density at radius 1 is 1.56 bits per heavy atom. The van der Waals surface area contributed by atoms with Crippen LogP contribution in [0.5, 0.6) is 11.5 Å². The number of methoxy groups -OCH3 is 1. The zero-order chi connectivity index (χ0) is 12.3. The predicted octanol–water partition coefficient (Wildman–Crippen LogP) is 0.664. The van der Waals surface area contributed by atoms with Crippen LogP contribution in [0.25, 0.3) is 0 Å². The van der Waals surface area contributed by atoms with Gasteiger partial charge < -0.3 is 20.7 Å². The van der Waals surface area contributed by atoms with E-state index in [4.69, 9.17) is 15.6 Å². The van der Waals surface area contributed by atoms with Crippen LogP contribution in [0.3, 0.4) is 0 Å². The average molecular weight is 225 g/mol. The van der Waals surface area contributed by atoms with Gasteiger partial charge in [0.15, 0.2) is 11.5 Å². The lowest BCUT2D eigenvalue weighted by molar-refractivity contribution is -0.138. The lowest BCUT2D eigenvalue weighted by Crippen LogP contribution is -2.32. The number of aromatic hydroxyl groups is 1. The van der Waals surface area contributed by atoms with Crippen molar-refractivity contribution in [3.05, 3.63) is 23.3 Å². The zero-order valence-electron chi connectivity index (χ0n) is 9.23. The molecule has 0 radical (unpaired) electrons. The van der Waals surface area contributed by atoms with Gasteiger partial charge in [-0.2, -0.15) is 0 Å². The Bertz CT molecular complexity index is 403. The number of carboxylic acids is 1. The van der Waals surface area contributed by atoms with E-state index in [1.807, 2.05) is 0 Å². The molecule has 0 bridgehead atoms. The Labute approximate surface area is 93.5 Å². The molecule has 0 aliphatic carbocycles. The standard InChI is InChI=1S/C11H15NO4/c1-6-3-7(4-8(12)11(14)15)5-9(16-2)10(6)13/h3,5,8,13H,4,12H2,1-2H3,(H,14,15). The predicted molar refractivity (Wildman–Crippen MR) is 58.7 cm³/mol. The van der Waals surface area contributed by atoms with Gasteiger partial charge in [-0.3, -0.25) is 4.79 Å². The Kier molecular flexibility index (Phi) is 3.73. The monoisotopic (exact) mass is 225 g/mol. The first-order chi connectivity index (χ1) is 7.45. The molecule has 0 aliphatic heterocycles. The van der Waals surface area contributed by atoms with E-state index >= 15 is 0 Å². The van der Waals surface area contributed by atoms with Crippen LogP contribution in [0.1, 0.15) is 11.1 Å². The quantitative estimate of drug-likeness (QED) is 0.700. The molecule has 4 N–H and O–H groups in total. The summed E-state index contributed by atoms with van der Waals surface area (Å²) >= 11 is 0. The van der Waals surface area contributed by atoms with E-state index in [0.29, 0.717) is 11.3 Å². The fourth-order valence-corrected chi connectivity index (χ4v) is 1.43. The molecule has 0 saturated heterocycles. The van der Waals surface area contributed by atoms with E-state index in [-0.39, 0.29) is 12.2 Å². The largest absolute Gasteiger partial charge is 0.504 e. The molecule has 0 spiro atoms. The average Bonchev–Trinajstić information content (AvgIpc) is 2.22. The highest BCUT2D eigenvalue weighted by atomic mass is 16.5. The number of rotatable bonds is 4. The molecule has 1 aromatic carbocycles. The number of aryl methyl sites for hydroxylation is 1. The van der Waals surface area contributed by atoms with Crippen molar-refractivity contribution in [2.45, 2.75) is 19.4 Å². The highest BCUT2D eigenvalue weighted by Gasteiger charge is 2.14. The molecule has 0 aromatic heterocycles. The number of hydrogen-bond acceptors (Lipinski definition) is 4. The van der Waals surface area contributed by atoms with Crippen molar-refractivity contribution in [1.29, 1.82) is 0 Å². The Morgan fingerprint density at radius 3 is 2.69 bits per heavy atom. The summed E-state index contributed by atoms with van der Waals surface area (Å²) in [7, 11) is 1.44. The minimum absolute atomic E-state index is 0.0650. The van der Waals surface area contributed by atoms with Gasteiger partial charge in [0, 0.05) is 0 Å². The van der Waals surface area contributed by atoms with Gasteiger partial charge in [-0.15, -0.1) is 0 Å². The van der Waals surface area contributed by atoms with Crippen molar-refractivity contribution in [3.63, 3.8) is 0 Å². The summed E-state index contributed by atoms with van der Waals surface area (Å²) in [4.78, 5) is 10.6. The van der Waals surface area contributed by atoms with Gasteiger partial charge >= 0.3 is 5.97 Å². The number of benzene rings is 1. The van der Waals surface area contributed by atoms with Crippen molar-refractivity contribution >= 4 is 5.97 Å². The van der Waals surface area contributed by atoms with Crippen molar-refractivity contribution in [2.75, 3.05) is 7.11 Å². The first-order valence-electron chi connectivity index (χ1n) is 4.80. The third-order valence-electron chi connectivity index (χ3n) is 2.32. The molecular weight excluding hydrogens is 210 g/mol. The molecule has 0 fully saturated rings. The first kappa shape index (κ1) is 12.3. The highest BCUT2D eigenvalue weighted by molar-refractivity contribution is 5.73. The van der Waals surface area contributed by atoms with Crippen molar-refractivity contribution in [1.82, 2.24) is 0 Å². The molecule has 1 aromatic rings. The second kappa shape index (κ2) is 4.85. The summed E-state index contributed by atoms with van der Waals surface area (Å²) < 4.78 is 4.97. The normalized spacial score (nSPS) is 12.2. The lowest BCUT2D eigenvalue weighted by Gasteiger charge is -2.11. The zero-order valence-corrected chi connectivity index (χ0v) is 9.23. The van der Waals surface area contributed by atoms with Crippen molar-refractivity contribution < 1.29 is 19.7 Å². The van der Waals surface area contributed by atoms with Crippen LogP contribution in [0.2, 0.25) is 0 Å². The molecule has 1 atom stereocenters. The summed E-state index contributed by atoms with van der Waals surface area (Å²) in [5.41, 5.74) is 6.78. The number of phenols is 1. The molecule has 0 amide bonds. The number of aliphatic carboxylic acids is 1. The molecule has 5 nitrogen and oxygen atoms in total. The van der Waals surface area contributed by atoms with Gasteiger partial charge in [0.2, 0.25) is 0 Å². The van der Waals surface area contributed by atoms with Crippen LogP contribution >= 0.6 is 0 Å². The van der Waals surface area contributed by atoms with E-state index in [2.05, 4.69) is 0 Å². The van der Waals surface area contributed by atoms with Crippen LogP contribution in [-0.4, -0.2) is 29.3 Å². The molecule has 0 heterocycles. The minimum Gasteiger partial charge on any atom is -0.504 e. The van der Waals surface area contributed by atoms with E-state index in [1.165, 1.54) is 7.11 Å². The number of nitrogens with two attached hydrogens (primary N) is 1. The highest BCUT2D eigenvalue weighted by Crippen LogP contribution is 2.31. The summed E-state index contributed by atoms with van der Waals surface area (Å²) in [6.45, 7) is 1.72. The molecular formula is C11H15NO4. The van der Waals surface area contributed by atoms with Gasteiger partial charge in [-0.1, -0.05) is 6.07 Å². The van der Waals surface area contributed by atoms with E-state index in [0.717, 1.165) is 5.56 Å². The van der Waals surface area contributed by atoms with Crippen LogP contribution in [0, 0.1) is 6.92 Å². The Hall–Kier alpha value is -1.75. The maximum atomic E-state index is 10.6. The number of hydrogen-bond donors (Lipinski definition) is 3. The molecule has 0 aliphatic rings. The van der Waals surface area contributed by atoms with Crippen LogP contribution in [0.15, 0.2) is 12.1 Å². The third-order valence-corrected chi connectivity index (χ3v) is 2.32. The third kappa shape index (κ3) is 2.64. The summed E-state index contributed by atoms with van der Waals surface area (Å²) in [6.07, 6.45) is 0.201. The van der Waals surface area contributed by atoms with E-state index < -0.39 is 12.0 Å². The van der Waals surface area contributed by atoms with Gasteiger partial charge in [-0.25, -0.2) is 0 Å². The Balaban J connectivity index is 2.98. The number of carbonyl (C=O) groups is 1. The SMILES string of the molecule is COc1cc(CC(N)C(=O)O)cc(C)c1O. The number of ether oxygens (including phenoxy) is 1. The smallest absolute Gasteiger partial charge is 0.320 e. The van der Waals surface area contributed by atoms with Crippen LogP contribution < -0.4 is 10.5 Å². The van der Waals surface area contributed by atoms with Crippen LogP contribution in [-0.2, 0) is 11.2 Å². The molecule has 1 unspecified atom stereocenters. The van der Waals surface area contributed by atoms with Crippen LogP contribution in [0.4, 0.5) is 0 Å². The summed E-state index contributed by atoms with van der Waals surface area (Å²) in [5.74, 6) is -0.660. The second-order valence-electron chi connectivity index (χ2n) is 3.61. The minimum atomic E-state index is -1.05. The van der Waals surface area contributed by atoms with E-state index in [1.54, 1.807) is 19.1 Å². The van der Waals surface area contributed by atoms with Gasteiger partial charge in [0.1, 0.15) is 6.04 Å². The maximum absolute atomic E-state index is 10.6. The van der Waals surface area contributed by atoms with Crippen molar-refractivity contribution in [3.8, 4) is 11.5 Å². The van der Waals surface area contributed by atoms with Gasteiger partial charge in [0.25, 0.3) is 0 Å². The second-order valence-corrected chi connectivity index (χ2v) is 3.61. The molecule has 5 heteroatoms. The topological polar surface area (TPSA) is 92.8 Å². The number of phenolic OH excluding ortho intramolecular Hbond substituents is 1. The lowest BCUT2D eigenvalue weighted by atomic mass is 10.0. The molecule has 88 valence electrons. The fraction of sp³-hybridized carbons (Fsp3) is 0.364. The maximum Gasteiger partial charge on any atom is 0.320 e. The fourth-order valence-electron chi connectivity index (χ4n) is 1.43. The number of carboxylic acid groups (broad SMARTS) is 1. The van der Waals surface area contributed by atoms with E-state index in [9.17, 15) is 9.90 Å². The summed E-state index contributed by atoms with van der Waals surface area (Å²) in [5, 5.41) is 18.3. The molecule has 16 heavy (non-hydrogen) atoms. The molecule has 1 rings (SSSR count). The van der Waals surface area contributed by atoms with Gasteiger partial charge in [0.05, 0.1) is 7.11 Å². The van der Waals surface area contributed by atoms with Gasteiger partial charge in [-0.05, 0) is 30.5 Å². The van der Waals surface area contributed by atoms with Crippen molar-refractivity contribution in [2.24, 2.45) is 5.73 Å². The molecule has 0 saturated carbocycles. The Morgan fingerprint density at radius 2 is 2.19 bits per heavy atom. The summed E-state index contributed by atoms with van der Waals surface area (Å²) in [6, 6.07) is 2.33. The first-order valence-corrected chi connectivity index (χ1v) is 4.80.